The molecule has 4 nitrogen and oxygen atoms in total. The van der Waals surface area contributed by atoms with Crippen LogP contribution < -0.4 is 4.74 Å². The molecular formula is C25H27N3O. The first-order chi connectivity index (χ1) is 14.3. The molecule has 1 fully saturated rings. The zero-order valence-corrected chi connectivity index (χ0v) is 16.7. The fourth-order valence-corrected chi connectivity index (χ4v) is 3.43. The fourth-order valence-electron chi connectivity index (χ4n) is 3.43. The quantitative estimate of drug-likeness (QED) is 0.564. The SMILES string of the molecule is C(=NN1CCN(Cc2ccccc2)CC1)c1cccc(OCc2ccccc2)c1. The molecule has 1 saturated heterocycles. The minimum absolute atomic E-state index is 0.574. The van der Waals surface area contributed by atoms with Gasteiger partial charge in [-0.2, -0.15) is 5.10 Å². The molecule has 0 bridgehead atoms. The Bertz CT molecular complexity index is 904. The summed E-state index contributed by atoms with van der Waals surface area (Å²) < 4.78 is 5.91. The molecule has 0 atom stereocenters. The monoisotopic (exact) mass is 385 g/mol. The summed E-state index contributed by atoms with van der Waals surface area (Å²) >= 11 is 0. The van der Waals surface area contributed by atoms with Gasteiger partial charge in [0.05, 0.1) is 6.21 Å². The minimum atomic E-state index is 0.574. The van der Waals surface area contributed by atoms with Crippen molar-refractivity contribution < 1.29 is 4.74 Å². The molecular weight excluding hydrogens is 358 g/mol. The van der Waals surface area contributed by atoms with E-state index in [0.717, 1.165) is 44.0 Å². The zero-order chi connectivity index (χ0) is 19.7. The van der Waals surface area contributed by atoms with Gasteiger partial charge in [0.15, 0.2) is 0 Å². The van der Waals surface area contributed by atoms with Crippen LogP contribution >= 0.6 is 0 Å². The molecule has 0 spiro atoms. The van der Waals surface area contributed by atoms with Crippen LogP contribution in [-0.2, 0) is 13.2 Å². The molecule has 1 aliphatic heterocycles. The van der Waals surface area contributed by atoms with E-state index in [1.807, 2.05) is 42.6 Å². The number of nitrogens with zero attached hydrogens (tertiary/aromatic N) is 3. The summed E-state index contributed by atoms with van der Waals surface area (Å²) in [6.45, 7) is 5.56. The van der Waals surface area contributed by atoms with Crippen molar-refractivity contribution in [2.45, 2.75) is 13.2 Å². The third-order valence-corrected chi connectivity index (χ3v) is 5.07. The summed E-state index contributed by atoms with van der Waals surface area (Å²) in [6, 6.07) is 29.0. The van der Waals surface area contributed by atoms with Crippen molar-refractivity contribution in [1.82, 2.24) is 9.91 Å². The number of hydrazone groups is 1. The van der Waals surface area contributed by atoms with E-state index in [0.29, 0.717) is 6.61 Å². The molecule has 29 heavy (non-hydrogen) atoms. The Balaban J connectivity index is 1.26. The highest BCUT2D eigenvalue weighted by molar-refractivity contribution is 5.79. The summed E-state index contributed by atoms with van der Waals surface area (Å²) in [5.74, 6) is 0.866. The highest BCUT2D eigenvalue weighted by Crippen LogP contribution is 2.15. The smallest absolute Gasteiger partial charge is 0.120 e. The molecule has 0 aliphatic carbocycles. The van der Waals surface area contributed by atoms with E-state index in [1.54, 1.807) is 0 Å². The second-order valence-electron chi connectivity index (χ2n) is 7.31. The lowest BCUT2D eigenvalue weighted by Gasteiger charge is -2.33. The Hall–Kier alpha value is -3.11. The summed E-state index contributed by atoms with van der Waals surface area (Å²) in [7, 11) is 0. The van der Waals surface area contributed by atoms with Crippen LogP contribution in [0.1, 0.15) is 16.7 Å². The highest BCUT2D eigenvalue weighted by Gasteiger charge is 2.15. The van der Waals surface area contributed by atoms with Crippen molar-refractivity contribution in [3.8, 4) is 5.75 Å². The van der Waals surface area contributed by atoms with Gasteiger partial charge in [-0.05, 0) is 28.8 Å². The van der Waals surface area contributed by atoms with Crippen LogP contribution in [0.15, 0.2) is 90.0 Å². The molecule has 4 heteroatoms. The molecule has 0 radical (unpaired) electrons. The molecule has 0 saturated carbocycles. The molecule has 0 amide bonds. The molecule has 0 aromatic heterocycles. The Morgan fingerprint density at radius 1 is 0.759 bits per heavy atom. The summed E-state index contributed by atoms with van der Waals surface area (Å²) in [5, 5.41) is 6.83. The first kappa shape index (κ1) is 19.2. The molecule has 1 aliphatic rings. The lowest BCUT2D eigenvalue weighted by Crippen LogP contribution is -2.43. The topological polar surface area (TPSA) is 28.1 Å². The summed E-state index contributed by atoms with van der Waals surface area (Å²) in [4.78, 5) is 2.49. The van der Waals surface area contributed by atoms with Crippen molar-refractivity contribution in [3.05, 3.63) is 102 Å². The number of hydrogen-bond donors (Lipinski definition) is 0. The van der Waals surface area contributed by atoms with Crippen LogP contribution in [0, 0.1) is 0 Å². The molecule has 0 unspecified atom stereocenters. The van der Waals surface area contributed by atoms with Gasteiger partial charge >= 0.3 is 0 Å². The predicted molar refractivity (Wildman–Crippen MR) is 118 cm³/mol. The highest BCUT2D eigenvalue weighted by atomic mass is 16.5. The van der Waals surface area contributed by atoms with Gasteiger partial charge in [-0.3, -0.25) is 9.91 Å². The first-order valence-corrected chi connectivity index (χ1v) is 10.2. The molecule has 4 rings (SSSR count). The predicted octanol–water partition coefficient (Wildman–Crippen LogP) is 4.42. The maximum absolute atomic E-state index is 5.91. The Morgan fingerprint density at radius 2 is 1.45 bits per heavy atom. The van der Waals surface area contributed by atoms with Crippen LogP contribution in [-0.4, -0.2) is 42.3 Å². The number of benzene rings is 3. The van der Waals surface area contributed by atoms with Crippen LogP contribution in [0.4, 0.5) is 0 Å². The van der Waals surface area contributed by atoms with Gasteiger partial charge in [0, 0.05) is 32.7 Å². The molecule has 148 valence electrons. The van der Waals surface area contributed by atoms with E-state index in [4.69, 9.17) is 4.74 Å². The number of rotatable bonds is 7. The van der Waals surface area contributed by atoms with Crippen LogP contribution in [0.25, 0.3) is 0 Å². The average molecular weight is 386 g/mol. The average Bonchev–Trinajstić information content (AvgIpc) is 2.79. The summed E-state index contributed by atoms with van der Waals surface area (Å²) in [6.07, 6.45) is 1.93. The lowest BCUT2D eigenvalue weighted by atomic mass is 10.2. The van der Waals surface area contributed by atoms with Crippen LogP contribution in [0.3, 0.4) is 0 Å². The van der Waals surface area contributed by atoms with Gasteiger partial charge in [0.1, 0.15) is 12.4 Å². The second kappa shape index (κ2) is 9.89. The lowest BCUT2D eigenvalue weighted by molar-refractivity contribution is 0.131. The maximum Gasteiger partial charge on any atom is 0.120 e. The van der Waals surface area contributed by atoms with Crippen LogP contribution in [0.5, 0.6) is 5.75 Å². The minimum Gasteiger partial charge on any atom is -0.489 e. The van der Waals surface area contributed by atoms with Gasteiger partial charge in [-0.1, -0.05) is 72.8 Å². The van der Waals surface area contributed by atoms with Gasteiger partial charge in [0.2, 0.25) is 0 Å². The molecule has 0 N–H and O–H groups in total. The third kappa shape index (κ3) is 5.93. The largest absolute Gasteiger partial charge is 0.489 e. The van der Waals surface area contributed by atoms with Crippen LogP contribution in [0.2, 0.25) is 0 Å². The number of hydrogen-bond acceptors (Lipinski definition) is 4. The van der Waals surface area contributed by atoms with Crippen molar-refractivity contribution in [1.29, 1.82) is 0 Å². The van der Waals surface area contributed by atoms with E-state index in [9.17, 15) is 0 Å². The Kier molecular flexibility index (Phi) is 6.56. The van der Waals surface area contributed by atoms with E-state index in [1.165, 1.54) is 11.1 Å². The summed E-state index contributed by atoms with van der Waals surface area (Å²) in [5.41, 5.74) is 3.60. The van der Waals surface area contributed by atoms with Gasteiger partial charge in [-0.15, -0.1) is 0 Å². The van der Waals surface area contributed by atoms with E-state index in [-0.39, 0.29) is 0 Å². The van der Waals surface area contributed by atoms with E-state index < -0.39 is 0 Å². The number of ether oxygens (including phenoxy) is 1. The molecule has 3 aromatic rings. The fraction of sp³-hybridized carbons (Fsp3) is 0.240. The normalized spacial score (nSPS) is 15.0. The third-order valence-electron chi connectivity index (χ3n) is 5.07. The van der Waals surface area contributed by atoms with E-state index >= 15 is 0 Å². The van der Waals surface area contributed by atoms with Gasteiger partial charge in [0.25, 0.3) is 0 Å². The van der Waals surface area contributed by atoms with Crippen molar-refractivity contribution >= 4 is 6.21 Å². The zero-order valence-electron chi connectivity index (χ0n) is 16.7. The van der Waals surface area contributed by atoms with Crippen molar-refractivity contribution in [2.24, 2.45) is 5.10 Å². The van der Waals surface area contributed by atoms with Crippen molar-refractivity contribution in [2.75, 3.05) is 26.2 Å². The molecule has 3 aromatic carbocycles. The Labute approximate surface area is 173 Å². The van der Waals surface area contributed by atoms with Crippen molar-refractivity contribution in [3.63, 3.8) is 0 Å². The number of piperazine rings is 1. The van der Waals surface area contributed by atoms with E-state index in [2.05, 4.69) is 63.5 Å². The second-order valence-corrected chi connectivity index (χ2v) is 7.31. The molecule has 1 heterocycles. The standard InChI is InChI=1S/C25H27N3O/c1-3-8-22(9-4-1)20-27-14-16-28(17-15-27)26-19-24-12-7-13-25(18-24)29-21-23-10-5-2-6-11-23/h1-13,18-19H,14-17,20-21H2. The first-order valence-electron chi connectivity index (χ1n) is 10.2. The Morgan fingerprint density at radius 3 is 2.17 bits per heavy atom. The maximum atomic E-state index is 5.91. The van der Waals surface area contributed by atoms with Gasteiger partial charge < -0.3 is 4.74 Å². The van der Waals surface area contributed by atoms with Gasteiger partial charge in [-0.25, -0.2) is 0 Å².